The molecule has 2 nitrogen and oxygen atoms in total. The Bertz CT molecular complexity index is 521. The largest absolute Gasteiger partial charge is 0.371 e. The van der Waals surface area contributed by atoms with Crippen LogP contribution in [0.2, 0.25) is 0 Å². The molecule has 2 heterocycles. The lowest BCUT2D eigenvalue weighted by molar-refractivity contribution is -0.119. The summed E-state index contributed by atoms with van der Waals surface area (Å²) in [6.07, 6.45) is 1.39. The van der Waals surface area contributed by atoms with Crippen LogP contribution >= 0.6 is 11.3 Å². The molecule has 2 aromatic rings. The van der Waals surface area contributed by atoms with Crippen LogP contribution in [-0.2, 0) is 4.79 Å². The zero-order valence-electron chi connectivity index (χ0n) is 8.98. The minimum atomic E-state index is 0.396. The number of rotatable bonds is 1. The van der Waals surface area contributed by atoms with Crippen molar-refractivity contribution in [1.29, 1.82) is 0 Å². The molecule has 0 saturated carbocycles. The number of nitrogens with zero attached hydrogens (tertiary/aromatic N) is 1. The van der Waals surface area contributed by atoms with Gasteiger partial charge in [-0.1, -0.05) is 0 Å². The Balaban J connectivity index is 1.90. The van der Waals surface area contributed by atoms with Gasteiger partial charge < -0.3 is 4.90 Å². The first-order valence-corrected chi connectivity index (χ1v) is 6.45. The number of thiophene rings is 1. The highest BCUT2D eigenvalue weighted by atomic mass is 32.1. The SMILES string of the molecule is O=C1CCN(c2ccc3sccc3c2)CC1. The van der Waals surface area contributed by atoms with Crippen LogP contribution in [-0.4, -0.2) is 18.9 Å². The third-order valence-corrected chi connectivity index (χ3v) is 4.02. The van der Waals surface area contributed by atoms with Gasteiger partial charge in [0.2, 0.25) is 0 Å². The first kappa shape index (κ1) is 9.85. The lowest BCUT2D eigenvalue weighted by atomic mass is 10.1. The molecule has 1 aliphatic rings. The fourth-order valence-corrected chi connectivity index (χ4v) is 2.94. The molecule has 0 aliphatic carbocycles. The number of fused-ring (bicyclic) bond motifs is 1. The van der Waals surface area contributed by atoms with Gasteiger partial charge in [0.25, 0.3) is 0 Å². The van der Waals surface area contributed by atoms with E-state index in [0.717, 1.165) is 13.1 Å². The molecule has 0 radical (unpaired) electrons. The predicted octanol–water partition coefficient (Wildman–Crippen LogP) is 3.07. The van der Waals surface area contributed by atoms with Gasteiger partial charge >= 0.3 is 0 Å². The van der Waals surface area contributed by atoms with Crippen molar-refractivity contribution in [2.75, 3.05) is 18.0 Å². The number of carbonyl (C=O) groups excluding carboxylic acids is 1. The van der Waals surface area contributed by atoms with Crippen LogP contribution in [0.25, 0.3) is 10.1 Å². The van der Waals surface area contributed by atoms with Crippen LogP contribution in [0, 0.1) is 0 Å². The zero-order chi connectivity index (χ0) is 11.0. The molecule has 0 spiro atoms. The standard InChI is InChI=1S/C13H13NOS/c15-12-3-6-14(7-4-12)11-1-2-13-10(9-11)5-8-16-13/h1-2,5,8-9H,3-4,6-7H2. The molecule has 1 fully saturated rings. The Hall–Kier alpha value is -1.35. The highest BCUT2D eigenvalue weighted by molar-refractivity contribution is 7.17. The van der Waals surface area contributed by atoms with Crippen molar-refractivity contribution < 1.29 is 4.79 Å². The zero-order valence-corrected chi connectivity index (χ0v) is 9.80. The van der Waals surface area contributed by atoms with Gasteiger partial charge in [-0.3, -0.25) is 4.79 Å². The molecular formula is C13H13NOS. The summed E-state index contributed by atoms with van der Waals surface area (Å²) in [5.74, 6) is 0.396. The monoisotopic (exact) mass is 231 g/mol. The van der Waals surface area contributed by atoms with Crippen molar-refractivity contribution >= 4 is 32.9 Å². The van der Waals surface area contributed by atoms with Crippen molar-refractivity contribution in [3.63, 3.8) is 0 Å². The summed E-state index contributed by atoms with van der Waals surface area (Å²) >= 11 is 1.77. The average molecular weight is 231 g/mol. The first-order chi connectivity index (χ1) is 7.83. The molecule has 0 N–H and O–H groups in total. The van der Waals surface area contributed by atoms with Gasteiger partial charge in [0.05, 0.1) is 0 Å². The van der Waals surface area contributed by atoms with Gasteiger partial charge in [0, 0.05) is 36.3 Å². The molecule has 3 heteroatoms. The molecule has 1 saturated heterocycles. The lowest BCUT2D eigenvalue weighted by Crippen LogP contribution is -2.33. The Labute approximate surface area is 98.5 Å². The average Bonchev–Trinajstić information content (AvgIpc) is 2.77. The summed E-state index contributed by atoms with van der Waals surface area (Å²) in [4.78, 5) is 13.5. The second kappa shape index (κ2) is 3.91. The van der Waals surface area contributed by atoms with E-state index in [0.29, 0.717) is 18.6 Å². The summed E-state index contributed by atoms with van der Waals surface area (Å²) in [6.45, 7) is 1.74. The number of benzene rings is 1. The molecule has 3 rings (SSSR count). The first-order valence-electron chi connectivity index (χ1n) is 5.57. The summed E-state index contributed by atoms with van der Waals surface area (Å²) < 4.78 is 1.33. The normalized spacial score (nSPS) is 17.0. The Morgan fingerprint density at radius 2 is 1.94 bits per heavy atom. The third kappa shape index (κ3) is 1.71. The smallest absolute Gasteiger partial charge is 0.136 e. The maximum Gasteiger partial charge on any atom is 0.136 e. The van der Waals surface area contributed by atoms with E-state index >= 15 is 0 Å². The van der Waals surface area contributed by atoms with Crippen LogP contribution in [0.3, 0.4) is 0 Å². The van der Waals surface area contributed by atoms with E-state index in [1.165, 1.54) is 15.8 Å². The van der Waals surface area contributed by atoms with Crippen LogP contribution in [0.15, 0.2) is 29.6 Å². The van der Waals surface area contributed by atoms with E-state index in [-0.39, 0.29) is 0 Å². The van der Waals surface area contributed by atoms with E-state index < -0.39 is 0 Å². The molecule has 1 aliphatic heterocycles. The number of Topliss-reactive ketones (excluding diaryl/α,β-unsaturated/α-hetero) is 1. The molecule has 0 unspecified atom stereocenters. The van der Waals surface area contributed by atoms with Crippen molar-refractivity contribution in [2.24, 2.45) is 0 Å². The van der Waals surface area contributed by atoms with Gasteiger partial charge in [-0.2, -0.15) is 0 Å². The van der Waals surface area contributed by atoms with E-state index in [4.69, 9.17) is 0 Å². The Kier molecular flexibility index (Phi) is 2.40. The van der Waals surface area contributed by atoms with Crippen molar-refractivity contribution in [2.45, 2.75) is 12.8 Å². The molecule has 82 valence electrons. The molecule has 16 heavy (non-hydrogen) atoms. The van der Waals surface area contributed by atoms with Crippen molar-refractivity contribution in [3.8, 4) is 0 Å². The van der Waals surface area contributed by atoms with E-state index in [2.05, 4.69) is 34.5 Å². The van der Waals surface area contributed by atoms with Crippen molar-refractivity contribution in [3.05, 3.63) is 29.6 Å². The second-order valence-corrected chi connectivity index (χ2v) is 5.12. The summed E-state index contributed by atoms with van der Waals surface area (Å²) in [7, 11) is 0. The van der Waals surface area contributed by atoms with E-state index in [9.17, 15) is 4.79 Å². The highest BCUT2D eigenvalue weighted by Gasteiger charge is 2.16. The van der Waals surface area contributed by atoms with Gasteiger partial charge in [-0.15, -0.1) is 11.3 Å². The summed E-state index contributed by atoms with van der Waals surface area (Å²) in [5.41, 5.74) is 1.25. The van der Waals surface area contributed by atoms with Crippen LogP contribution < -0.4 is 4.90 Å². The summed E-state index contributed by atoms with van der Waals surface area (Å²) in [6, 6.07) is 8.71. The van der Waals surface area contributed by atoms with Crippen molar-refractivity contribution in [1.82, 2.24) is 0 Å². The topological polar surface area (TPSA) is 20.3 Å². The maximum atomic E-state index is 11.2. The molecule has 1 aromatic carbocycles. The number of anilines is 1. The van der Waals surface area contributed by atoms with Gasteiger partial charge in [-0.05, 0) is 35.0 Å². The van der Waals surface area contributed by atoms with Gasteiger partial charge in [0.1, 0.15) is 5.78 Å². The van der Waals surface area contributed by atoms with Crippen LogP contribution in [0.1, 0.15) is 12.8 Å². The number of hydrogen-bond acceptors (Lipinski definition) is 3. The minimum absolute atomic E-state index is 0.396. The fraction of sp³-hybridized carbons (Fsp3) is 0.308. The van der Waals surface area contributed by atoms with Gasteiger partial charge in [0.15, 0.2) is 0 Å². The quantitative estimate of drug-likeness (QED) is 0.751. The van der Waals surface area contributed by atoms with Crippen LogP contribution in [0.4, 0.5) is 5.69 Å². The number of carbonyl (C=O) groups is 1. The minimum Gasteiger partial charge on any atom is -0.371 e. The molecular weight excluding hydrogens is 218 g/mol. The number of hydrogen-bond donors (Lipinski definition) is 0. The molecule has 0 amide bonds. The predicted molar refractivity (Wildman–Crippen MR) is 68.3 cm³/mol. The van der Waals surface area contributed by atoms with E-state index in [1.807, 2.05) is 0 Å². The molecule has 1 aromatic heterocycles. The number of piperidine rings is 1. The highest BCUT2D eigenvalue weighted by Crippen LogP contribution is 2.27. The summed E-state index contributed by atoms with van der Waals surface area (Å²) in [5, 5.41) is 3.42. The van der Waals surface area contributed by atoms with Crippen LogP contribution in [0.5, 0.6) is 0 Å². The van der Waals surface area contributed by atoms with E-state index in [1.54, 1.807) is 11.3 Å². The molecule has 0 bridgehead atoms. The second-order valence-electron chi connectivity index (χ2n) is 4.17. The Morgan fingerprint density at radius 1 is 1.12 bits per heavy atom. The van der Waals surface area contributed by atoms with Gasteiger partial charge in [-0.25, -0.2) is 0 Å². The maximum absolute atomic E-state index is 11.2. The third-order valence-electron chi connectivity index (χ3n) is 3.12. The Morgan fingerprint density at radius 3 is 2.75 bits per heavy atom. The number of ketones is 1. The fourth-order valence-electron chi connectivity index (χ4n) is 2.17. The lowest BCUT2D eigenvalue weighted by Gasteiger charge is -2.28. The molecule has 0 atom stereocenters.